The van der Waals surface area contributed by atoms with Crippen LogP contribution >= 0.6 is 0 Å². The van der Waals surface area contributed by atoms with Crippen molar-refractivity contribution >= 4 is 16.7 Å². The Kier molecular flexibility index (Phi) is 4.51. The second kappa shape index (κ2) is 7.38. The lowest BCUT2D eigenvalue weighted by atomic mass is 9.86. The fourth-order valence-corrected chi connectivity index (χ4v) is 4.50. The highest BCUT2D eigenvalue weighted by Crippen LogP contribution is 2.43. The molecule has 5 aromatic rings. The first-order valence-electron chi connectivity index (χ1n) is 10.4. The molecule has 0 amide bonds. The van der Waals surface area contributed by atoms with Gasteiger partial charge in [-0.15, -0.1) is 0 Å². The zero-order chi connectivity index (χ0) is 22.4. The summed E-state index contributed by atoms with van der Waals surface area (Å²) < 4.78 is 2.05. The minimum Gasteiger partial charge on any atom is -0.299 e. The van der Waals surface area contributed by atoms with Crippen molar-refractivity contribution in [2.75, 3.05) is 0 Å². The molecular weight excluding hydrogens is 392 g/mol. The van der Waals surface area contributed by atoms with E-state index >= 15 is 0 Å². The number of hydrogen-bond donors (Lipinski definition) is 0. The zero-order valence-electron chi connectivity index (χ0n) is 18.1. The molecule has 0 aliphatic rings. The standard InChI is InChI=1S/C28H20N4/c1-17-7-4-10-20(13-17)24-22(15-29)23(16-30)26-27(25(24)21-11-5-8-18(2)14-21)32-12-6-9-19(3)28(32)31-26/h4-14H,1-3H3. The third kappa shape index (κ3) is 2.86. The number of hydrogen-bond acceptors (Lipinski definition) is 3. The van der Waals surface area contributed by atoms with Gasteiger partial charge in [0.25, 0.3) is 0 Å². The van der Waals surface area contributed by atoms with Gasteiger partial charge in [-0.1, -0.05) is 65.7 Å². The first-order valence-corrected chi connectivity index (χ1v) is 10.4. The Bertz CT molecular complexity index is 1620. The van der Waals surface area contributed by atoms with Crippen LogP contribution in [0.25, 0.3) is 38.9 Å². The van der Waals surface area contributed by atoms with Crippen LogP contribution in [-0.4, -0.2) is 9.38 Å². The predicted molar refractivity (Wildman–Crippen MR) is 127 cm³/mol. The molecule has 2 heterocycles. The molecule has 0 aliphatic carbocycles. The van der Waals surface area contributed by atoms with E-state index in [1.165, 1.54) is 0 Å². The summed E-state index contributed by atoms with van der Waals surface area (Å²) in [5, 5.41) is 20.4. The Balaban J connectivity index is 2.12. The van der Waals surface area contributed by atoms with Gasteiger partial charge < -0.3 is 0 Å². The number of rotatable bonds is 2. The van der Waals surface area contributed by atoms with E-state index in [0.29, 0.717) is 16.6 Å². The van der Waals surface area contributed by atoms with E-state index in [1.54, 1.807) is 0 Å². The molecule has 0 bridgehead atoms. The van der Waals surface area contributed by atoms with Crippen LogP contribution < -0.4 is 0 Å². The van der Waals surface area contributed by atoms with Crippen LogP contribution in [0.3, 0.4) is 0 Å². The molecule has 0 aliphatic heterocycles. The fourth-order valence-electron chi connectivity index (χ4n) is 4.50. The van der Waals surface area contributed by atoms with Gasteiger partial charge in [0.05, 0.1) is 16.6 Å². The van der Waals surface area contributed by atoms with Crippen LogP contribution in [0.5, 0.6) is 0 Å². The molecule has 4 nitrogen and oxygen atoms in total. The molecule has 3 aromatic carbocycles. The van der Waals surface area contributed by atoms with Gasteiger partial charge >= 0.3 is 0 Å². The van der Waals surface area contributed by atoms with Crippen LogP contribution in [-0.2, 0) is 0 Å². The van der Waals surface area contributed by atoms with E-state index in [2.05, 4.69) is 43.3 Å². The molecule has 0 atom stereocenters. The van der Waals surface area contributed by atoms with Crippen molar-refractivity contribution in [1.29, 1.82) is 10.5 Å². The number of imidazole rings is 1. The van der Waals surface area contributed by atoms with Crippen molar-refractivity contribution in [3.63, 3.8) is 0 Å². The molecule has 2 aromatic heterocycles. The highest BCUT2D eigenvalue weighted by molar-refractivity contribution is 6.07. The third-order valence-electron chi connectivity index (χ3n) is 5.91. The predicted octanol–water partition coefficient (Wildman–Crippen LogP) is 6.49. The molecule has 0 saturated heterocycles. The van der Waals surface area contributed by atoms with Crippen LogP contribution in [0, 0.1) is 43.4 Å². The lowest BCUT2D eigenvalue weighted by Crippen LogP contribution is -1.99. The number of nitrogens with zero attached hydrogens (tertiary/aromatic N) is 4. The van der Waals surface area contributed by atoms with E-state index in [-0.39, 0.29) is 0 Å². The van der Waals surface area contributed by atoms with Crippen LogP contribution in [0.4, 0.5) is 0 Å². The van der Waals surface area contributed by atoms with Gasteiger partial charge in [-0.2, -0.15) is 10.5 Å². The second-order valence-electron chi connectivity index (χ2n) is 8.16. The molecule has 0 fully saturated rings. The zero-order valence-corrected chi connectivity index (χ0v) is 18.1. The SMILES string of the molecule is Cc1cccc(-c2c(C#N)c(C#N)c3nc4c(C)cccn4c3c2-c2cccc(C)c2)c1. The van der Waals surface area contributed by atoms with Gasteiger partial charge in [0.1, 0.15) is 23.3 Å². The summed E-state index contributed by atoms with van der Waals surface area (Å²) in [6.45, 7) is 6.09. The lowest BCUT2D eigenvalue weighted by Gasteiger charge is -2.16. The van der Waals surface area contributed by atoms with Crippen molar-refractivity contribution in [3.8, 4) is 34.4 Å². The molecular formula is C28H20N4. The molecule has 4 heteroatoms. The minimum absolute atomic E-state index is 0.318. The maximum absolute atomic E-state index is 10.2. The Hall–Kier alpha value is -4.41. The monoisotopic (exact) mass is 412 g/mol. The van der Waals surface area contributed by atoms with Gasteiger partial charge in [0, 0.05) is 17.3 Å². The smallest absolute Gasteiger partial charge is 0.140 e. The highest BCUT2D eigenvalue weighted by atomic mass is 15.0. The van der Waals surface area contributed by atoms with Gasteiger partial charge in [0.2, 0.25) is 0 Å². The number of pyridine rings is 1. The number of aryl methyl sites for hydroxylation is 3. The van der Waals surface area contributed by atoms with E-state index in [1.807, 2.05) is 60.8 Å². The number of benzene rings is 3. The second-order valence-corrected chi connectivity index (χ2v) is 8.16. The van der Waals surface area contributed by atoms with E-state index in [9.17, 15) is 10.5 Å². The number of aromatic nitrogens is 2. The average molecular weight is 412 g/mol. The van der Waals surface area contributed by atoms with Gasteiger partial charge in [-0.3, -0.25) is 4.40 Å². The molecule has 0 saturated carbocycles. The summed E-state index contributed by atoms with van der Waals surface area (Å²) in [5.74, 6) is 0. The third-order valence-corrected chi connectivity index (χ3v) is 5.91. The van der Waals surface area contributed by atoms with Gasteiger partial charge in [0.15, 0.2) is 0 Å². The quantitative estimate of drug-likeness (QED) is 0.333. The average Bonchev–Trinajstić information content (AvgIpc) is 3.18. The number of fused-ring (bicyclic) bond motifs is 3. The Morgan fingerprint density at radius 2 is 1.38 bits per heavy atom. The molecule has 32 heavy (non-hydrogen) atoms. The Morgan fingerprint density at radius 3 is 1.97 bits per heavy atom. The Labute approximate surface area is 186 Å². The molecule has 0 spiro atoms. The van der Waals surface area contributed by atoms with E-state index < -0.39 is 0 Å². The summed E-state index contributed by atoms with van der Waals surface area (Å²) in [5.41, 5.74) is 9.71. The first-order chi connectivity index (χ1) is 15.5. The summed E-state index contributed by atoms with van der Waals surface area (Å²) in [6, 6.07) is 25.0. The minimum atomic E-state index is 0.318. The summed E-state index contributed by atoms with van der Waals surface area (Å²) >= 11 is 0. The largest absolute Gasteiger partial charge is 0.299 e. The summed E-state index contributed by atoms with van der Waals surface area (Å²) in [6.07, 6.45) is 1.98. The highest BCUT2D eigenvalue weighted by Gasteiger charge is 2.25. The summed E-state index contributed by atoms with van der Waals surface area (Å²) in [4.78, 5) is 4.84. The van der Waals surface area contributed by atoms with Crippen LogP contribution in [0.2, 0.25) is 0 Å². The molecule has 0 radical (unpaired) electrons. The molecule has 5 rings (SSSR count). The number of nitriles is 2. The van der Waals surface area contributed by atoms with Crippen LogP contribution in [0.15, 0.2) is 66.9 Å². The van der Waals surface area contributed by atoms with Crippen molar-refractivity contribution in [3.05, 3.63) is 94.7 Å². The molecule has 152 valence electrons. The fraction of sp³-hybridized carbons (Fsp3) is 0.107. The van der Waals surface area contributed by atoms with Crippen LogP contribution in [0.1, 0.15) is 27.8 Å². The normalized spacial score (nSPS) is 10.9. The van der Waals surface area contributed by atoms with Crippen molar-refractivity contribution in [2.45, 2.75) is 20.8 Å². The van der Waals surface area contributed by atoms with E-state index in [4.69, 9.17) is 4.98 Å². The van der Waals surface area contributed by atoms with Crippen molar-refractivity contribution in [2.24, 2.45) is 0 Å². The molecule has 0 N–H and O–H groups in total. The lowest BCUT2D eigenvalue weighted by molar-refractivity contribution is 1.20. The first kappa shape index (κ1) is 19.5. The van der Waals surface area contributed by atoms with Crippen molar-refractivity contribution < 1.29 is 0 Å². The maximum atomic E-state index is 10.2. The maximum Gasteiger partial charge on any atom is 0.140 e. The van der Waals surface area contributed by atoms with Crippen molar-refractivity contribution in [1.82, 2.24) is 9.38 Å². The Morgan fingerprint density at radius 1 is 0.750 bits per heavy atom. The van der Waals surface area contributed by atoms with Gasteiger partial charge in [-0.25, -0.2) is 4.98 Å². The molecule has 0 unspecified atom stereocenters. The van der Waals surface area contributed by atoms with Gasteiger partial charge in [-0.05, 0) is 43.5 Å². The van der Waals surface area contributed by atoms with E-state index in [0.717, 1.165) is 50.1 Å². The topological polar surface area (TPSA) is 64.9 Å². The summed E-state index contributed by atoms with van der Waals surface area (Å²) in [7, 11) is 0.